The van der Waals surface area contributed by atoms with Crippen LogP contribution in [0.3, 0.4) is 0 Å². The second-order valence-corrected chi connectivity index (χ2v) is 10.6. The summed E-state index contributed by atoms with van der Waals surface area (Å²) in [5.41, 5.74) is -0.254. The van der Waals surface area contributed by atoms with Gasteiger partial charge < -0.3 is 0 Å². The zero-order chi connectivity index (χ0) is 20.0. The number of amides is 1. The monoisotopic (exact) mass is 453 g/mol. The number of carbonyl (C=O) groups excluding carboxylic acids is 1. The first-order valence-electron chi connectivity index (χ1n) is 9.90. The normalized spacial score (nSPS) is 36.7. The third-order valence-corrected chi connectivity index (χ3v) is 9.20. The molecule has 0 aromatic carbocycles. The fourth-order valence-corrected chi connectivity index (χ4v) is 8.15. The van der Waals surface area contributed by atoms with Crippen molar-refractivity contribution in [1.82, 2.24) is 4.31 Å². The molecule has 2 bridgehead atoms. The molecular formula is C23H27FeNO3S. The summed E-state index contributed by atoms with van der Waals surface area (Å²) in [5.74, 6) is 1.18. The molecule has 1 aliphatic heterocycles. The van der Waals surface area contributed by atoms with E-state index < -0.39 is 15.9 Å². The molecule has 0 aromatic rings. The Labute approximate surface area is 187 Å². The van der Waals surface area contributed by atoms with Crippen LogP contribution in [0.5, 0.6) is 0 Å². The van der Waals surface area contributed by atoms with Gasteiger partial charge in [-0.1, -0.05) is 19.9 Å². The van der Waals surface area contributed by atoms with Gasteiger partial charge in [-0.25, -0.2) is 12.7 Å². The average molecular weight is 453 g/mol. The smallest absolute Gasteiger partial charge is 0.260 e. The van der Waals surface area contributed by atoms with Crippen molar-refractivity contribution in [2.24, 2.45) is 16.7 Å². The molecule has 10 radical (unpaired) electrons. The van der Waals surface area contributed by atoms with Crippen molar-refractivity contribution in [3.05, 3.63) is 75.9 Å². The van der Waals surface area contributed by atoms with Crippen molar-refractivity contribution in [1.29, 1.82) is 0 Å². The fourth-order valence-electron chi connectivity index (χ4n) is 5.64. The minimum atomic E-state index is -3.52. The number of fused-ring (bicyclic) bond motifs is 1. The van der Waals surface area contributed by atoms with Crippen LogP contribution in [-0.4, -0.2) is 30.4 Å². The first kappa shape index (κ1) is 23.3. The molecule has 5 rings (SSSR count). The van der Waals surface area contributed by atoms with E-state index >= 15 is 0 Å². The first-order chi connectivity index (χ1) is 13.3. The van der Waals surface area contributed by atoms with Crippen molar-refractivity contribution >= 4 is 15.9 Å². The van der Waals surface area contributed by atoms with Crippen LogP contribution in [0.2, 0.25) is 0 Å². The number of hydrogen-bond acceptors (Lipinski definition) is 3. The molecule has 6 heteroatoms. The molecule has 1 saturated heterocycles. The molecule has 0 unspecified atom stereocenters. The minimum absolute atomic E-state index is 0. The largest absolute Gasteiger partial charge is 0.269 e. The maximum Gasteiger partial charge on any atom is 0.260 e. The van der Waals surface area contributed by atoms with E-state index in [1.807, 2.05) is 57.8 Å². The predicted octanol–water partition coefficient (Wildman–Crippen LogP) is 3.33. The van der Waals surface area contributed by atoms with E-state index in [1.165, 1.54) is 10.4 Å². The van der Waals surface area contributed by atoms with Crippen LogP contribution in [0.4, 0.5) is 0 Å². The average Bonchev–Trinajstić information content (AvgIpc) is 3.42. The summed E-state index contributed by atoms with van der Waals surface area (Å²) in [4.78, 5) is 12.6. The van der Waals surface area contributed by atoms with Gasteiger partial charge >= 0.3 is 0 Å². The number of allylic oxidation sites excluding steroid dienone is 1. The van der Waals surface area contributed by atoms with Crippen molar-refractivity contribution in [3.8, 4) is 0 Å². The van der Waals surface area contributed by atoms with Gasteiger partial charge in [0.1, 0.15) is 0 Å². The molecular weight excluding hydrogens is 426 g/mol. The minimum Gasteiger partial charge on any atom is -0.269 e. The van der Waals surface area contributed by atoms with Crippen LogP contribution in [0.25, 0.3) is 0 Å². The number of carbonyl (C=O) groups is 1. The molecule has 0 N–H and O–H groups in total. The van der Waals surface area contributed by atoms with Crippen LogP contribution in [0.15, 0.2) is 12.2 Å². The summed E-state index contributed by atoms with van der Waals surface area (Å²) >= 11 is 0. The van der Waals surface area contributed by atoms with Crippen molar-refractivity contribution < 1.29 is 30.3 Å². The van der Waals surface area contributed by atoms with E-state index in [2.05, 4.69) is 13.8 Å². The Bertz CT molecular complexity index is 730. The second-order valence-electron chi connectivity index (χ2n) is 8.77. The number of rotatable bonds is 2. The zero-order valence-electron chi connectivity index (χ0n) is 16.8. The van der Waals surface area contributed by atoms with Crippen molar-refractivity contribution in [3.63, 3.8) is 0 Å². The zero-order valence-corrected chi connectivity index (χ0v) is 18.7. The summed E-state index contributed by atoms with van der Waals surface area (Å²) in [5, 5.41) is 0. The summed E-state index contributed by atoms with van der Waals surface area (Å²) < 4.78 is 26.6. The summed E-state index contributed by atoms with van der Waals surface area (Å²) in [6.07, 6.45) is 23.5. The Hall–Kier alpha value is -0.321. The molecule has 1 amide bonds. The van der Waals surface area contributed by atoms with Gasteiger partial charge in [-0.3, -0.25) is 4.79 Å². The molecule has 5 fully saturated rings. The van der Waals surface area contributed by atoms with Gasteiger partial charge in [0.05, 0.1) is 11.8 Å². The molecule has 1 heterocycles. The maximum atomic E-state index is 12.7. The van der Waals surface area contributed by atoms with Crippen LogP contribution in [0, 0.1) is 80.5 Å². The maximum absolute atomic E-state index is 12.7. The van der Waals surface area contributed by atoms with Gasteiger partial charge in [0.15, 0.2) is 0 Å². The third kappa shape index (κ3) is 3.98. The van der Waals surface area contributed by atoms with Crippen molar-refractivity contribution in [2.75, 3.05) is 5.75 Å². The van der Waals surface area contributed by atoms with Crippen LogP contribution < -0.4 is 0 Å². The van der Waals surface area contributed by atoms with E-state index in [4.69, 9.17) is 0 Å². The van der Waals surface area contributed by atoms with Gasteiger partial charge in [-0.15, -0.1) is 0 Å². The van der Waals surface area contributed by atoms with E-state index in [1.54, 1.807) is 6.08 Å². The van der Waals surface area contributed by atoms with Gasteiger partial charge in [0.25, 0.3) is 5.91 Å². The van der Waals surface area contributed by atoms with Crippen LogP contribution in [-0.2, 0) is 31.9 Å². The van der Waals surface area contributed by atoms with Gasteiger partial charge in [-0.05, 0) is 88.4 Å². The third-order valence-electron chi connectivity index (χ3n) is 7.29. The van der Waals surface area contributed by atoms with Gasteiger partial charge in [-0.2, -0.15) is 0 Å². The Kier molecular flexibility index (Phi) is 6.98. The fraction of sp³-hybridized carbons (Fsp3) is 0.435. The van der Waals surface area contributed by atoms with E-state index in [0.29, 0.717) is 5.92 Å². The van der Waals surface area contributed by atoms with Crippen LogP contribution in [0.1, 0.15) is 33.1 Å². The molecule has 5 aliphatic rings. The predicted molar refractivity (Wildman–Crippen MR) is 109 cm³/mol. The van der Waals surface area contributed by atoms with E-state index in [9.17, 15) is 13.2 Å². The number of nitrogens with zero attached hydrogens (tertiary/aromatic N) is 1. The number of sulfonamides is 1. The summed E-state index contributed by atoms with van der Waals surface area (Å²) in [6.45, 7) is 4.38. The SMILES string of the molecule is CC1(C)[C@@H]2CC[C@]13CS(=O)(=O)N(C(=O)/C=C/[C]1[CH][CH][CH][CH]1)[C@@H]3C2.[CH]1[CH][CH][CH][CH]1.[Fe]. The van der Waals surface area contributed by atoms with Crippen LogP contribution >= 0.6 is 0 Å². The van der Waals surface area contributed by atoms with Gasteiger partial charge in [0.2, 0.25) is 10.0 Å². The molecule has 3 atom stereocenters. The summed E-state index contributed by atoms with van der Waals surface area (Å²) in [7, 11) is -3.52. The molecule has 1 spiro atoms. The first-order valence-corrected chi connectivity index (χ1v) is 11.5. The molecule has 4 saturated carbocycles. The standard InChI is InChI=1S/C18H22NO3S.C5H5.Fe/c1-17(2)14-9-10-18(17)12-23(21,22)19(15(18)11-14)16(20)8-7-13-5-3-4-6-13;1-2-4-5-3-1;/h3-8,14-15H,9-12H2,1-2H3;1-5H;/b8-7+;;/t14-,15-,18-;;/m1../s1. The molecule has 4 nitrogen and oxygen atoms in total. The molecule has 29 heavy (non-hydrogen) atoms. The Morgan fingerprint density at radius 2 is 1.66 bits per heavy atom. The second kappa shape index (κ2) is 8.67. The topological polar surface area (TPSA) is 54.5 Å². The Morgan fingerprint density at radius 3 is 2.21 bits per heavy atom. The Balaban J connectivity index is 0.000000352. The quantitative estimate of drug-likeness (QED) is 0.476. The van der Waals surface area contributed by atoms with E-state index in [0.717, 1.165) is 25.2 Å². The van der Waals surface area contributed by atoms with Crippen molar-refractivity contribution in [2.45, 2.75) is 39.2 Å². The van der Waals surface area contributed by atoms with Gasteiger partial charge in [0, 0.05) is 34.5 Å². The molecule has 4 aliphatic carbocycles. The molecule has 0 aromatic heterocycles. The Morgan fingerprint density at radius 1 is 1.07 bits per heavy atom. The summed E-state index contributed by atoms with van der Waals surface area (Å²) in [6, 6.07) is -0.155. The van der Waals surface area contributed by atoms with E-state index in [-0.39, 0.29) is 39.7 Å². The molecule has 156 valence electrons. The number of hydrogen-bond donors (Lipinski definition) is 0.